The third-order valence-corrected chi connectivity index (χ3v) is 4.09. The van der Waals surface area contributed by atoms with Gasteiger partial charge in [-0.3, -0.25) is 0 Å². The van der Waals surface area contributed by atoms with Gasteiger partial charge < -0.3 is 0 Å². The molecule has 1 saturated carbocycles. The first-order chi connectivity index (χ1) is 6.88. The molecular weight excluding hydrogens is 238 g/mol. The molecule has 1 heterocycles. The van der Waals surface area contributed by atoms with Crippen LogP contribution in [0, 0.1) is 0 Å². The lowest BCUT2D eigenvalue weighted by Gasteiger charge is -2.14. The number of rotatable bonds is 1. The van der Waals surface area contributed by atoms with Crippen LogP contribution in [0.4, 0.5) is 0 Å². The zero-order valence-electron chi connectivity index (χ0n) is 8.40. The van der Waals surface area contributed by atoms with E-state index in [2.05, 4.69) is 51.1 Å². The van der Waals surface area contributed by atoms with Crippen LogP contribution in [0.3, 0.4) is 0 Å². The molecule has 1 aliphatic rings. The Bertz CT molecular complexity index is 273. The molecule has 2 atom stereocenters. The van der Waals surface area contributed by atoms with Crippen LogP contribution in [0.5, 0.6) is 0 Å². The number of aromatic nitrogens is 1. The highest BCUT2D eigenvalue weighted by molar-refractivity contribution is 9.09. The summed E-state index contributed by atoms with van der Waals surface area (Å²) in [7, 11) is 0. The first kappa shape index (κ1) is 10.2. The van der Waals surface area contributed by atoms with Crippen LogP contribution in [0.2, 0.25) is 0 Å². The number of alkyl halides is 1. The van der Waals surface area contributed by atoms with Crippen molar-refractivity contribution in [3.8, 4) is 0 Å². The molecule has 0 N–H and O–H groups in total. The van der Waals surface area contributed by atoms with Crippen molar-refractivity contribution in [2.45, 2.75) is 43.0 Å². The van der Waals surface area contributed by atoms with Gasteiger partial charge in [0.15, 0.2) is 18.4 Å². The van der Waals surface area contributed by atoms with Crippen LogP contribution >= 0.6 is 15.9 Å². The molecule has 1 aromatic heterocycles. The molecule has 1 aliphatic carbocycles. The van der Waals surface area contributed by atoms with Gasteiger partial charge in [0.1, 0.15) is 0 Å². The summed E-state index contributed by atoms with van der Waals surface area (Å²) in [5, 5.41) is 0. The van der Waals surface area contributed by atoms with Gasteiger partial charge in [-0.1, -0.05) is 34.8 Å². The second kappa shape index (κ2) is 4.92. The molecule has 0 amide bonds. The molecule has 0 radical (unpaired) electrons. The molecule has 0 spiro atoms. The van der Waals surface area contributed by atoms with Gasteiger partial charge in [0.05, 0.1) is 4.83 Å². The van der Waals surface area contributed by atoms with Gasteiger partial charge in [0.2, 0.25) is 0 Å². The summed E-state index contributed by atoms with van der Waals surface area (Å²) in [5.41, 5.74) is 0. The van der Waals surface area contributed by atoms with Crippen molar-refractivity contribution in [2.24, 2.45) is 0 Å². The molecule has 0 bridgehead atoms. The molecule has 0 saturated heterocycles. The first-order valence-electron chi connectivity index (χ1n) is 5.48. The van der Waals surface area contributed by atoms with E-state index in [0.717, 1.165) is 0 Å². The van der Waals surface area contributed by atoms with Crippen LogP contribution in [0.25, 0.3) is 0 Å². The van der Waals surface area contributed by atoms with Crippen molar-refractivity contribution in [1.29, 1.82) is 0 Å². The molecule has 1 nitrogen and oxygen atoms in total. The standard InChI is InChI=1S/C12H17BrN/c13-11-7-3-1-4-8-12(11)14-9-5-2-6-10-14/h2,5-6,9-12H,1,3-4,7-8H2/q+1. The van der Waals surface area contributed by atoms with E-state index >= 15 is 0 Å². The number of hydrogen-bond acceptors (Lipinski definition) is 0. The summed E-state index contributed by atoms with van der Waals surface area (Å²) in [6, 6.07) is 6.96. The summed E-state index contributed by atoms with van der Waals surface area (Å²) in [4.78, 5) is 0.650. The minimum absolute atomic E-state index is 0.650. The third-order valence-electron chi connectivity index (χ3n) is 3.02. The quantitative estimate of drug-likeness (QED) is 0.412. The van der Waals surface area contributed by atoms with E-state index in [1.807, 2.05) is 0 Å². The number of halogens is 1. The third kappa shape index (κ3) is 2.35. The van der Waals surface area contributed by atoms with Gasteiger partial charge in [-0.05, 0) is 12.8 Å². The Morgan fingerprint density at radius 2 is 1.64 bits per heavy atom. The highest BCUT2D eigenvalue weighted by Crippen LogP contribution is 2.28. The molecule has 0 aromatic carbocycles. The average Bonchev–Trinajstić information content (AvgIpc) is 2.44. The lowest BCUT2D eigenvalue weighted by molar-refractivity contribution is -0.722. The Balaban J connectivity index is 2.15. The first-order valence-corrected chi connectivity index (χ1v) is 6.39. The lowest BCUT2D eigenvalue weighted by Crippen LogP contribution is -2.42. The average molecular weight is 255 g/mol. The molecule has 1 aromatic rings. The van der Waals surface area contributed by atoms with Crippen LogP contribution in [-0.2, 0) is 0 Å². The second-order valence-electron chi connectivity index (χ2n) is 4.04. The van der Waals surface area contributed by atoms with Crippen molar-refractivity contribution in [1.82, 2.24) is 0 Å². The lowest BCUT2D eigenvalue weighted by atomic mass is 10.1. The molecule has 14 heavy (non-hydrogen) atoms. The predicted octanol–water partition coefficient (Wildman–Crippen LogP) is 3.24. The monoisotopic (exact) mass is 254 g/mol. The topological polar surface area (TPSA) is 3.88 Å². The maximum absolute atomic E-state index is 3.82. The maximum Gasteiger partial charge on any atom is 0.170 e. The van der Waals surface area contributed by atoms with Gasteiger partial charge in [0, 0.05) is 18.6 Å². The van der Waals surface area contributed by atoms with E-state index in [4.69, 9.17) is 0 Å². The van der Waals surface area contributed by atoms with E-state index in [0.29, 0.717) is 10.9 Å². The summed E-state index contributed by atoms with van der Waals surface area (Å²) < 4.78 is 2.35. The molecule has 2 unspecified atom stereocenters. The second-order valence-corrected chi connectivity index (χ2v) is 5.22. The van der Waals surface area contributed by atoms with Crippen molar-refractivity contribution in [3.63, 3.8) is 0 Å². The van der Waals surface area contributed by atoms with E-state index in [-0.39, 0.29) is 0 Å². The molecule has 0 aliphatic heterocycles. The van der Waals surface area contributed by atoms with Crippen LogP contribution in [0.1, 0.15) is 38.1 Å². The van der Waals surface area contributed by atoms with E-state index in [1.165, 1.54) is 32.1 Å². The maximum atomic E-state index is 3.82. The van der Waals surface area contributed by atoms with Gasteiger partial charge in [0.25, 0.3) is 0 Å². The normalized spacial score (nSPS) is 28.4. The van der Waals surface area contributed by atoms with E-state index in [9.17, 15) is 0 Å². The van der Waals surface area contributed by atoms with Crippen molar-refractivity contribution in [3.05, 3.63) is 30.6 Å². The van der Waals surface area contributed by atoms with Crippen molar-refractivity contribution < 1.29 is 4.57 Å². The van der Waals surface area contributed by atoms with Gasteiger partial charge in [-0.2, -0.15) is 0 Å². The Morgan fingerprint density at radius 1 is 0.929 bits per heavy atom. The summed E-state index contributed by atoms with van der Waals surface area (Å²) in [5.74, 6) is 0. The van der Waals surface area contributed by atoms with Crippen molar-refractivity contribution >= 4 is 15.9 Å². The zero-order valence-corrected chi connectivity index (χ0v) is 9.99. The Labute approximate surface area is 94.3 Å². The summed E-state index contributed by atoms with van der Waals surface area (Å²) in [6.45, 7) is 0. The molecule has 1 fully saturated rings. The Morgan fingerprint density at radius 3 is 2.43 bits per heavy atom. The zero-order chi connectivity index (χ0) is 9.80. The van der Waals surface area contributed by atoms with Crippen LogP contribution < -0.4 is 4.57 Å². The SMILES string of the molecule is BrC1CCCCCC1[n+]1ccccc1. The largest absolute Gasteiger partial charge is 0.201 e. The van der Waals surface area contributed by atoms with Crippen LogP contribution in [0.15, 0.2) is 30.6 Å². The van der Waals surface area contributed by atoms with Gasteiger partial charge >= 0.3 is 0 Å². The van der Waals surface area contributed by atoms with Gasteiger partial charge in [-0.25, -0.2) is 4.57 Å². The fourth-order valence-corrected chi connectivity index (χ4v) is 3.07. The molecule has 76 valence electrons. The molecule has 2 heteroatoms. The fraction of sp³-hybridized carbons (Fsp3) is 0.583. The summed E-state index contributed by atoms with van der Waals surface area (Å²) >= 11 is 3.82. The fourth-order valence-electron chi connectivity index (χ4n) is 2.21. The predicted molar refractivity (Wildman–Crippen MR) is 61.5 cm³/mol. The van der Waals surface area contributed by atoms with E-state index in [1.54, 1.807) is 0 Å². The van der Waals surface area contributed by atoms with Gasteiger partial charge in [-0.15, -0.1) is 0 Å². The number of pyridine rings is 1. The minimum atomic E-state index is 0.650. The molecule has 2 rings (SSSR count). The smallest absolute Gasteiger partial charge is 0.170 e. The highest BCUT2D eigenvalue weighted by atomic mass is 79.9. The minimum Gasteiger partial charge on any atom is -0.201 e. The number of nitrogens with zero attached hydrogens (tertiary/aromatic N) is 1. The highest BCUT2D eigenvalue weighted by Gasteiger charge is 2.28. The van der Waals surface area contributed by atoms with E-state index < -0.39 is 0 Å². The summed E-state index contributed by atoms with van der Waals surface area (Å²) in [6.07, 6.45) is 11.1. The number of hydrogen-bond donors (Lipinski definition) is 0. The molecular formula is C12H17BrN+. The van der Waals surface area contributed by atoms with Crippen molar-refractivity contribution in [2.75, 3.05) is 0 Å². The Hall–Kier alpha value is -0.370. The van der Waals surface area contributed by atoms with Crippen LogP contribution in [-0.4, -0.2) is 4.83 Å². The Kier molecular flexibility index (Phi) is 3.57.